The van der Waals surface area contributed by atoms with E-state index >= 15 is 0 Å². The van der Waals surface area contributed by atoms with Crippen molar-refractivity contribution < 1.29 is 23.6 Å². The number of non-ortho nitro benzene ring substituents is 1. The fourth-order valence-corrected chi connectivity index (χ4v) is 3.56. The summed E-state index contributed by atoms with van der Waals surface area (Å²) in [4.78, 5) is 23.4. The third-order valence-corrected chi connectivity index (χ3v) is 5.34. The van der Waals surface area contributed by atoms with Crippen molar-refractivity contribution in [1.82, 2.24) is 0 Å². The highest BCUT2D eigenvalue weighted by Crippen LogP contribution is 2.31. The van der Waals surface area contributed by atoms with Crippen molar-refractivity contribution in [3.63, 3.8) is 0 Å². The van der Waals surface area contributed by atoms with Crippen LogP contribution in [0, 0.1) is 10.1 Å². The summed E-state index contributed by atoms with van der Waals surface area (Å²) in [6.45, 7) is 0.0184. The zero-order valence-electron chi connectivity index (χ0n) is 17.7. The minimum absolute atomic E-state index is 0.0162. The summed E-state index contributed by atoms with van der Waals surface area (Å²) in [6, 6.07) is 18.2. The van der Waals surface area contributed by atoms with Crippen LogP contribution in [0.2, 0.25) is 15.1 Å². The second-order valence-corrected chi connectivity index (χ2v) is 8.39. The van der Waals surface area contributed by atoms with Crippen molar-refractivity contribution in [3.8, 4) is 17.2 Å². The highest BCUT2D eigenvalue weighted by atomic mass is 35.5. The Balaban J connectivity index is 1.46. The van der Waals surface area contributed by atoms with E-state index < -0.39 is 10.8 Å². The molecule has 0 aliphatic rings. The van der Waals surface area contributed by atoms with Gasteiger partial charge in [-0.2, -0.15) is 0 Å². The largest absolute Gasteiger partial charge is 0.484 e. The van der Waals surface area contributed by atoms with Crippen LogP contribution in [0.25, 0.3) is 0 Å². The molecule has 0 aliphatic heterocycles. The van der Waals surface area contributed by atoms with Gasteiger partial charge in [-0.05, 0) is 54.6 Å². The number of ether oxygens (including phenoxy) is 2. The molecule has 4 rings (SSSR count). The Morgan fingerprint density at radius 1 is 0.914 bits per heavy atom. The van der Waals surface area contributed by atoms with E-state index in [1.54, 1.807) is 48.5 Å². The number of hydrogen-bond donors (Lipinski definition) is 1. The average molecular weight is 534 g/mol. The lowest BCUT2D eigenvalue weighted by Crippen LogP contribution is -2.11. The van der Waals surface area contributed by atoms with E-state index in [1.807, 2.05) is 0 Å². The van der Waals surface area contributed by atoms with E-state index in [1.165, 1.54) is 24.3 Å². The predicted octanol–water partition coefficient (Wildman–Crippen LogP) is 7.77. The molecule has 0 bridgehead atoms. The first kappa shape index (κ1) is 24.4. The lowest BCUT2D eigenvalue weighted by molar-refractivity contribution is -0.384. The number of nitro groups is 1. The molecule has 0 spiro atoms. The molecule has 3 aromatic carbocycles. The second kappa shape index (κ2) is 10.7. The molecule has 0 unspecified atom stereocenters. The molecule has 1 heterocycles. The highest BCUT2D eigenvalue weighted by Gasteiger charge is 2.17. The van der Waals surface area contributed by atoms with E-state index in [4.69, 9.17) is 48.7 Å². The topological polar surface area (TPSA) is 104 Å². The quantitative estimate of drug-likeness (QED) is 0.183. The molecule has 1 amide bonds. The summed E-state index contributed by atoms with van der Waals surface area (Å²) in [5.74, 6) is 0.722. The molecule has 1 aromatic heterocycles. The van der Waals surface area contributed by atoms with Crippen molar-refractivity contribution in [1.29, 1.82) is 0 Å². The number of rotatable bonds is 8. The standard InChI is InChI=1S/C24H15Cl3N2O6/c25-14-1-4-18(5-2-14)34-20-11-16(10-17(12-20)29(31)32)28-24(30)23-8-6-19(35-23)13-33-22-7-3-15(26)9-21(22)27/h1-12H,13H2,(H,28,30). The molecule has 0 radical (unpaired) electrons. The monoisotopic (exact) mass is 532 g/mol. The molecule has 4 aromatic rings. The smallest absolute Gasteiger partial charge is 0.291 e. The van der Waals surface area contributed by atoms with Crippen molar-refractivity contribution >= 4 is 52.1 Å². The van der Waals surface area contributed by atoms with Crippen molar-refractivity contribution in [3.05, 3.63) is 109 Å². The van der Waals surface area contributed by atoms with Crippen LogP contribution in [0.3, 0.4) is 0 Å². The number of halogens is 3. The van der Waals surface area contributed by atoms with E-state index in [-0.39, 0.29) is 29.5 Å². The number of benzene rings is 3. The van der Waals surface area contributed by atoms with Crippen molar-refractivity contribution in [2.24, 2.45) is 0 Å². The third-order valence-electron chi connectivity index (χ3n) is 4.56. The maximum atomic E-state index is 12.7. The Bertz CT molecular complexity index is 1390. The maximum absolute atomic E-state index is 12.7. The Labute approximate surface area is 214 Å². The first-order valence-corrected chi connectivity index (χ1v) is 11.1. The van der Waals surface area contributed by atoms with Gasteiger partial charge in [0.15, 0.2) is 5.76 Å². The molecule has 35 heavy (non-hydrogen) atoms. The lowest BCUT2D eigenvalue weighted by Gasteiger charge is -2.09. The van der Waals surface area contributed by atoms with E-state index in [2.05, 4.69) is 5.32 Å². The summed E-state index contributed by atoms with van der Waals surface area (Å²) in [5.41, 5.74) is -0.115. The summed E-state index contributed by atoms with van der Waals surface area (Å²) in [5, 5.41) is 15.3. The van der Waals surface area contributed by atoms with Crippen LogP contribution in [-0.2, 0) is 6.61 Å². The molecule has 0 fully saturated rings. The minimum Gasteiger partial charge on any atom is -0.484 e. The van der Waals surface area contributed by atoms with Crippen molar-refractivity contribution in [2.75, 3.05) is 5.32 Å². The van der Waals surface area contributed by atoms with Gasteiger partial charge in [-0.3, -0.25) is 14.9 Å². The summed E-state index contributed by atoms with van der Waals surface area (Å²) < 4.78 is 16.8. The van der Waals surface area contributed by atoms with Gasteiger partial charge in [0, 0.05) is 22.2 Å². The van der Waals surface area contributed by atoms with Gasteiger partial charge >= 0.3 is 0 Å². The molecule has 0 aliphatic carbocycles. The molecule has 1 N–H and O–H groups in total. The number of nitrogens with zero attached hydrogens (tertiary/aromatic N) is 1. The second-order valence-electron chi connectivity index (χ2n) is 7.11. The van der Waals surface area contributed by atoms with Crippen LogP contribution < -0.4 is 14.8 Å². The fourth-order valence-electron chi connectivity index (χ4n) is 2.97. The molecular weight excluding hydrogens is 519 g/mol. The van der Waals surface area contributed by atoms with Gasteiger partial charge in [0.2, 0.25) is 0 Å². The number of hydrogen-bond acceptors (Lipinski definition) is 6. The van der Waals surface area contributed by atoms with Crippen LogP contribution in [-0.4, -0.2) is 10.8 Å². The van der Waals surface area contributed by atoms with Crippen molar-refractivity contribution in [2.45, 2.75) is 6.61 Å². The minimum atomic E-state index is -0.612. The van der Waals surface area contributed by atoms with Crippen LogP contribution in [0.4, 0.5) is 11.4 Å². The fraction of sp³-hybridized carbons (Fsp3) is 0.0417. The number of nitro benzene ring substituents is 1. The SMILES string of the molecule is O=C(Nc1cc(Oc2ccc(Cl)cc2)cc([N+](=O)[O-])c1)c1ccc(COc2ccc(Cl)cc2Cl)o1. The number of furan rings is 1. The van der Waals surface area contributed by atoms with Gasteiger partial charge in [0.25, 0.3) is 11.6 Å². The number of amides is 1. The van der Waals surface area contributed by atoms with Gasteiger partial charge < -0.3 is 19.2 Å². The number of nitrogens with one attached hydrogen (secondary N) is 1. The summed E-state index contributed by atoms with van der Waals surface area (Å²) in [6.07, 6.45) is 0. The Morgan fingerprint density at radius 3 is 2.37 bits per heavy atom. The zero-order chi connectivity index (χ0) is 24.9. The number of carbonyl (C=O) groups is 1. The summed E-state index contributed by atoms with van der Waals surface area (Å²) >= 11 is 17.8. The van der Waals surface area contributed by atoms with Gasteiger partial charge in [-0.15, -0.1) is 0 Å². The maximum Gasteiger partial charge on any atom is 0.291 e. The third kappa shape index (κ3) is 6.45. The van der Waals surface area contributed by atoms with Gasteiger partial charge in [0.05, 0.1) is 21.7 Å². The molecule has 0 atom stereocenters. The molecule has 178 valence electrons. The first-order valence-electron chi connectivity index (χ1n) is 9.97. The van der Waals surface area contributed by atoms with E-state index in [0.717, 1.165) is 0 Å². The Kier molecular flexibility index (Phi) is 7.45. The Morgan fingerprint density at radius 2 is 1.66 bits per heavy atom. The number of anilines is 1. The average Bonchev–Trinajstić information content (AvgIpc) is 3.29. The molecule has 11 heteroatoms. The summed E-state index contributed by atoms with van der Waals surface area (Å²) in [7, 11) is 0. The van der Waals surface area contributed by atoms with Crippen LogP contribution in [0.1, 0.15) is 16.3 Å². The first-order chi connectivity index (χ1) is 16.8. The number of carbonyl (C=O) groups excluding carboxylic acids is 1. The Hall–Kier alpha value is -3.72. The molecule has 0 saturated heterocycles. The molecule has 8 nitrogen and oxygen atoms in total. The molecule has 0 saturated carbocycles. The lowest BCUT2D eigenvalue weighted by atomic mass is 10.2. The van der Waals surface area contributed by atoms with Crippen LogP contribution in [0.15, 0.2) is 77.2 Å². The van der Waals surface area contributed by atoms with Crippen LogP contribution in [0.5, 0.6) is 17.2 Å². The highest BCUT2D eigenvalue weighted by molar-refractivity contribution is 6.35. The normalized spacial score (nSPS) is 10.6. The predicted molar refractivity (Wildman–Crippen MR) is 132 cm³/mol. The van der Waals surface area contributed by atoms with Gasteiger partial charge in [-0.1, -0.05) is 34.8 Å². The van der Waals surface area contributed by atoms with E-state index in [0.29, 0.717) is 32.3 Å². The zero-order valence-corrected chi connectivity index (χ0v) is 19.9. The van der Waals surface area contributed by atoms with E-state index in [9.17, 15) is 14.9 Å². The van der Waals surface area contributed by atoms with Gasteiger partial charge in [-0.25, -0.2) is 0 Å². The van der Waals surface area contributed by atoms with Crippen LogP contribution >= 0.6 is 34.8 Å². The molecular formula is C24H15Cl3N2O6. The van der Waals surface area contributed by atoms with Gasteiger partial charge in [0.1, 0.15) is 29.6 Å².